The Morgan fingerprint density at radius 2 is 2.12 bits per heavy atom. The molecular formula is C13H24N2O. The van der Waals surface area contributed by atoms with E-state index in [1.54, 1.807) is 0 Å². The fraction of sp³-hybridized carbons (Fsp3) is 0.692. The summed E-state index contributed by atoms with van der Waals surface area (Å²) in [5.74, 6) is 2.04. The molecule has 0 saturated carbocycles. The van der Waals surface area contributed by atoms with Gasteiger partial charge in [-0.25, -0.2) is 0 Å². The van der Waals surface area contributed by atoms with Gasteiger partial charge in [-0.1, -0.05) is 13.8 Å². The number of furan rings is 1. The molecule has 0 aliphatic carbocycles. The lowest BCUT2D eigenvalue weighted by atomic mass is 10.3. The van der Waals surface area contributed by atoms with Gasteiger partial charge in [0.15, 0.2) is 0 Å². The minimum atomic E-state index is 0.582. The van der Waals surface area contributed by atoms with Crippen LogP contribution in [0.15, 0.2) is 16.5 Å². The molecule has 0 saturated heterocycles. The van der Waals surface area contributed by atoms with Crippen LogP contribution in [0.25, 0.3) is 0 Å². The van der Waals surface area contributed by atoms with E-state index in [0.717, 1.165) is 31.2 Å². The highest BCUT2D eigenvalue weighted by Gasteiger charge is 2.03. The Bertz CT molecular complexity index is 294. The fourth-order valence-corrected chi connectivity index (χ4v) is 1.65. The molecule has 0 atom stereocenters. The molecule has 3 heteroatoms. The van der Waals surface area contributed by atoms with E-state index in [9.17, 15) is 0 Å². The van der Waals surface area contributed by atoms with Gasteiger partial charge in [0.2, 0.25) is 0 Å². The van der Waals surface area contributed by atoms with Crippen molar-refractivity contribution in [2.45, 2.75) is 39.8 Å². The largest absolute Gasteiger partial charge is 0.465 e. The maximum atomic E-state index is 5.54. The minimum absolute atomic E-state index is 0.582. The van der Waals surface area contributed by atoms with Crippen LogP contribution in [-0.4, -0.2) is 31.1 Å². The molecule has 0 amide bonds. The van der Waals surface area contributed by atoms with Gasteiger partial charge >= 0.3 is 0 Å². The lowest BCUT2D eigenvalue weighted by Gasteiger charge is -2.15. The number of rotatable bonds is 7. The Morgan fingerprint density at radius 3 is 2.69 bits per heavy atom. The summed E-state index contributed by atoms with van der Waals surface area (Å²) in [6.07, 6.45) is 1.17. The molecular weight excluding hydrogens is 200 g/mol. The van der Waals surface area contributed by atoms with Crippen molar-refractivity contribution in [2.24, 2.45) is 0 Å². The molecule has 0 aliphatic heterocycles. The van der Waals surface area contributed by atoms with Crippen LogP contribution in [0.5, 0.6) is 0 Å². The van der Waals surface area contributed by atoms with Crippen molar-refractivity contribution in [3.8, 4) is 0 Å². The highest BCUT2D eigenvalue weighted by atomic mass is 16.3. The molecule has 1 rings (SSSR count). The first-order chi connectivity index (χ1) is 7.58. The van der Waals surface area contributed by atoms with Gasteiger partial charge in [-0.15, -0.1) is 0 Å². The van der Waals surface area contributed by atoms with Gasteiger partial charge in [-0.3, -0.25) is 4.90 Å². The molecule has 1 aromatic heterocycles. The summed E-state index contributed by atoms with van der Waals surface area (Å²) in [6, 6.07) is 4.65. The number of hydrogen-bond acceptors (Lipinski definition) is 3. The first kappa shape index (κ1) is 13.3. The Kier molecular flexibility index (Phi) is 5.56. The van der Waals surface area contributed by atoms with E-state index in [1.807, 2.05) is 13.0 Å². The summed E-state index contributed by atoms with van der Waals surface area (Å²) >= 11 is 0. The third kappa shape index (κ3) is 5.33. The molecule has 0 aromatic carbocycles. The van der Waals surface area contributed by atoms with E-state index in [1.165, 1.54) is 6.42 Å². The van der Waals surface area contributed by atoms with E-state index in [2.05, 4.69) is 37.2 Å². The Hall–Kier alpha value is -0.800. The Labute approximate surface area is 98.8 Å². The minimum Gasteiger partial charge on any atom is -0.465 e. The van der Waals surface area contributed by atoms with Gasteiger partial charge in [0.1, 0.15) is 11.5 Å². The van der Waals surface area contributed by atoms with Gasteiger partial charge in [0, 0.05) is 6.04 Å². The zero-order valence-corrected chi connectivity index (χ0v) is 10.9. The average molecular weight is 224 g/mol. The fourth-order valence-electron chi connectivity index (χ4n) is 1.65. The number of nitrogens with one attached hydrogen (secondary N) is 1. The van der Waals surface area contributed by atoms with Crippen LogP contribution < -0.4 is 5.32 Å². The molecule has 0 radical (unpaired) electrons. The van der Waals surface area contributed by atoms with Gasteiger partial charge in [0.25, 0.3) is 0 Å². The summed E-state index contributed by atoms with van der Waals surface area (Å²) in [5, 5.41) is 3.42. The van der Waals surface area contributed by atoms with Gasteiger partial charge < -0.3 is 9.73 Å². The molecule has 0 fully saturated rings. The molecule has 1 aromatic rings. The quantitative estimate of drug-likeness (QED) is 0.721. The second-order valence-corrected chi connectivity index (χ2v) is 4.71. The number of hydrogen-bond donors (Lipinski definition) is 1. The molecule has 1 heterocycles. The number of aryl methyl sites for hydroxylation is 1. The zero-order chi connectivity index (χ0) is 12.0. The van der Waals surface area contributed by atoms with E-state index >= 15 is 0 Å². The molecule has 0 bridgehead atoms. The molecule has 92 valence electrons. The van der Waals surface area contributed by atoms with Crippen molar-refractivity contribution in [3.63, 3.8) is 0 Å². The van der Waals surface area contributed by atoms with Crippen molar-refractivity contribution in [3.05, 3.63) is 23.7 Å². The Morgan fingerprint density at radius 1 is 1.38 bits per heavy atom. The van der Waals surface area contributed by atoms with Crippen molar-refractivity contribution in [1.29, 1.82) is 0 Å². The van der Waals surface area contributed by atoms with E-state index in [0.29, 0.717) is 6.04 Å². The van der Waals surface area contributed by atoms with E-state index in [4.69, 9.17) is 4.42 Å². The third-order valence-corrected chi connectivity index (χ3v) is 2.49. The summed E-state index contributed by atoms with van der Waals surface area (Å²) in [7, 11) is 2.13. The summed E-state index contributed by atoms with van der Waals surface area (Å²) in [4.78, 5) is 2.29. The second-order valence-electron chi connectivity index (χ2n) is 4.71. The topological polar surface area (TPSA) is 28.4 Å². The van der Waals surface area contributed by atoms with Crippen molar-refractivity contribution < 1.29 is 4.42 Å². The van der Waals surface area contributed by atoms with Crippen LogP contribution in [0, 0.1) is 6.92 Å². The Balaban J connectivity index is 2.13. The van der Waals surface area contributed by atoms with Crippen molar-refractivity contribution >= 4 is 0 Å². The summed E-state index contributed by atoms with van der Waals surface area (Å²) in [5.41, 5.74) is 0. The average Bonchev–Trinajstić information content (AvgIpc) is 2.58. The van der Waals surface area contributed by atoms with Crippen molar-refractivity contribution in [2.75, 3.05) is 20.1 Å². The highest BCUT2D eigenvalue weighted by molar-refractivity contribution is 5.05. The molecule has 0 unspecified atom stereocenters. The SMILES string of the molecule is Cc1ccc(CN(C)CCCNC(C)C)o1. The lowest BCUT2D eigenvalue weighted by molar-refractivity contribution is 0.286. The lowest BCUT2D eigenvalue weighted by Crippen LogP contribution is -2.27. The van der Waals surface area contributed by atoms with E-state index in [-0.39, 0.29) is 0 Å². The molecule has 1 N–H and O–H groups in total. The summed E-state index contributed by atoms with van der Waals surface area (Å²) < 4.78 is 5.54. The maximum absolute atomic E-state index is 5.54. The van der Waals surface area contributed by atoms with Crippen LogP contribution in [0.1, 0.15) is 31.8 Å². The third-order valence-electron chi connectivity index (χ3n) is 2.49. The molecule has 3 nitrogen and oxygen atoms in total. The predicted octanol–water partition coefficient (Wildman–Crippen LogP) is 2.41. The zero-order valence-electron chi connectivity index (χ0n) is 10.9. The van der Waals surface area contributed by atoms with Gasteiger partial charge in [-0.05, 0) is 45.6 Å². The van der Waals surface area contributed by atoms with Crippen LogP contribution in [0.3, 0.4) is 0 Å². The standard InChI is InChI=1S/C13H24N2O/c1-11(2)14-8-5-9-15(4)10-13-7-6-12(3)16-13/h6-7,11,14H,5,8-10H2,1-4H3. The van der Waals surface area contributed by atoms with Crippen LogP contribution >= 0.6 is 0 Å². The number of nitrogens with zero attached hydrogens (tertiary/aromatic N) is 1. The highest BCUT2D eigenvalue weighted by Crippen LogP contribution is 2.08. The monoisotopic (exact) mass is 224 g/mol. The first-order valence-electron chi connectivity index (χ1n) is 6.05. The maximum Gasteiger partial charge on any atom is 0.118 e. The van der Waals surface area contributed by atoms with Crippen LogP contribution in [-0.2, 0) is 6.54 Å². The van der Waals surface area contributed by atoms with Gasteiger partial charge in [0.05, 0.1) is 6.54 Å². The van der Waals surface area contributed by atoms with Crippen LogP contribution in [0.4, 0.5) is 0 Å². The van der Waals surface area contributed by atoms with Crippen LogP contribution in [0.2, 0.25) is 0 Å². The summed E-state index contributed by atoms with van der Waals surface area (Å²) in [6.45, 7) is 9.41. The molecule has 0 spiro atoms. The smallest absolute Gasteiger partial charge is 0.118 e. The van der Waals surface area contributed by atoms with E-state index < -0.39 is 0 Å². The predicted molar refractivity (Wildman–Crippen MR) is 67.5 cm³/mol. The second kappa shape index (κ2) is 6.71. The van der Waals surface area contributed by atoms with Crippen molar-refractivity contribution in [1.82, 2.24) is 10.2 Å². The van der Waals surface area contributed by atoms with Gasteiger partial charge in [-0.2, -0.15) is 0 Å². The normalized spacial score (nSPS) is 11.6. The first-order valence-corrected chi connectivity index (χ1v) is 6.05. The molecule has 16 heavy (non-hydrogen) atoms. The molecule has 0 aliphatic rings.